The van der Waals surface area contributed by atoms with E-state index in [0.717, 1.165) is 30.4 Å². The van der Waals surface area contributed by atoms with Gasteiger partial charge in [0.05, 0.1) is 12.8 Å². The van der Waals surface area contributed by atoms with Crippen LogP contribution in [0.1, 0.15) is 47.2 Å². The largest absolute Gasteiger partial charge is 0.495 e. The predicted octanol–water partition coefficient (Wildman–Crippen LogP) is 4.32. The number of hydrogen-bond acceptors (Lipinski definition) is 2. The average molecular weight is 402 g/mol. The Bertz CT molecular complexity index is 1020. The minimum Gasteiger partial charge on any atom is -0.495 e. The van der Waals surface area contributed by atoms with E-state index in [0.29, 0.717) is 11.4 Å². The van der Waals surface area contributed by atoms with E-state index in [1.165, 1.54) is 11.1 Å². The Balaban J connectivity index is 1.63. The smallest absolute Gasteiger partial charge is 0.287 e. The third-order valence-electron chi connectivity index (χ3n) is 5.89. The van der Waals surface area contributed by atoms with Gasteiger partial charge in [-0.2, -0.15) is 0 Å². The molecule has 3 aromatic rings. The SMILES string of the molecule is COc1ccc(C)cc1NC(=O)[C@H]([NH2+][C@@H]1CCCc2ccccc21)c1ccccc1. The summed E-state index contributed by atoms with van der Waals surface area (Å²) in [5.74, 6) is 0.636. The normalized spacial score (nSPS) is 16.4. The molecular formula is C26H29N2O2+. The number of quaternary nitrogens is 1. The van der Waals surface area contributed by atoms with E-state index in [4.69, 9.17) is 4.74 Å². The van der Waals surface area contributed by atoms with Gasteiger partial charge in [-0.3, -0.25) is 4.79 Å². The van der Waals surface area contributed by atoms with Gasteiger partial charge in [0.25, 0.3) is 5.91 Å². The van der Waals surface area contributed by atoms with Gasteiger partial charge in [-0.15, -0.1) is 0 Å². The van der Waals surface area contributed by atoms with Crippen LogP contribution in [0, 0.1) is 6.92 Å². The van der Waals surface area contributed by atoms with Crippen LogP contribution in [0.15, 0.2) is 72.8 Å². The van der Waals surface area contributed by atoms with Gasteiger partial charge in [-0.25, -0.2) is 0 Å². The minimum atomic E-state index is -0.340. The summed E-state index contributed by atoms with van der Waals surface area (Å²) in [5.41, 5.74) is 5.54. The molecule has 154 valence electrons. The van der Waals surface area contributed by atoms with Crippen LogP contribution in [0.3, 0.4) is 0 Å². The van der Waals surface area contributed by atoms with E-state index in [2.05, 4.69) is 34.9 Å². The van der Waals surface area contributed by atoms with E-state index >= 15 is 0 Å². The number of methoxy groups -OCH3 is 1. The fourth-order valence-electron chi connectivity index (χ4n) is 4.36. The number of anilines is 1. The zero-order valence-corrected chi connectivity index (χ0v) is 17.6. The zero-order valence-electron chi connectivity index (χ0n) is 17.6. The number of fused-ring (bicyclic) bond motifs is 1. The molecule has 0 spiro atoms. The van der Waals surface area contributed by atoms with E-state index in [-0.39, 0.29) is 18.0 Å². The van der Waals surface area contributed by atoms with Crippen LogP contribution in [-0.2, 0) is 11.2 Å². The number of amides is 1. The van der Waals surface area contributed by atoms with E-state index in [9.17, 15) is 4.79 Å². The van der Waals surface area contributed by atoms with Crippen molar-refractivity contribution in [1.29, 1.82) is 0 Å². The molecule has 0 fully saturated rings. The maximum atomic E-state index is 13.5. The topological polar surface area (TPSA) is 54.9 Å². The molecule has 0 aromatic heterocycles. The van der Waals surface area contributed by atoms with E-state index in [1.807, 2.05) is 55.5 Å². The summed E-state index contributed by atoms with van der Waals surface area (Å²) in [7, 11) is 1.63. The highest BCUT2D eigenvalue weighted by molar-refractivity contribution is 5.95. The number of benzene rings is 3. The van der Waals surface area contributed by atoms with Gasteiger partial charge < -0.3 is 15.4 Å². The molecule has 0 saturated heterocycles. The lowest BCUT2D eigenvalue weighted by Gasteiger charge is -2.27. The minimum absolute atomic E-state index is 0.0341. The Labute approximate surface area is 178 Å². The Morgan fingerprint density at radius 3 is 2.63 bits per heavy atom. The number of carbonyl (C=O) groups excluding carboxylic acids is 1. The van der Waals surface area contributed by atoms with Gasteiger partial charge in [0.15, 0.2) is 6.04 Å². The lowest BCUT2D eigenvalue weighted by Crippen LogP contribution is -2.88. The predicted molar refractivity (Wildman–Crippen MR) is 120 cm³/mol. The van der Waals surface area contributed by atoms with Crippen LogP contribution in [0.5, 0.6) is 5.75 Å². The Kier molecular flexibility index (Phi) is 6.15. The summed E-state index contributed by atoms with van der Waals surface area (Å²) in [6.07, 6.45) is 3.33. The number of ether oxygens (including phenoxy) is 1. The number of nitrogens with one attached hydrogen (secondary N) is 1. The second kappa shape index (κ2) is 9.14. The summed E-state index contributed by atoms with van der Waals surface area (Å²) < 4.78 is 5.46. The van der Waals surface area contributed by atoms with Crippen LogP contribution < -0.4 is 15.4 Å². The van der Waals surface area contributed by atoms with Crippen molar-refractivity contribution in [2.24, 2.45) is 0 Å². The molecule has 4 rings (SSSR count). The van der Waals surface area contributed by atoms with Gasteiger partial charge in [0.2, 0.25) is 0 Å². The zero-order chi connectivity index (χ0) is 20.9. The lowest BCUT2D eigenvalue weighted by molar-refractivity contribution is -0.723. The second-order valence-corrected chi connectivity index (χ2v) is 7.97. The lowest BCUT2D eigenvalue weighted by atomic mass is 9.87. The number of carbonyl (C=O) groups is 1. The summed E-state index contributed by atoms with van der Waals surface area (Å²) >= 11 is 0. The maximum Gasteiger partial charge on any atom is 0.287 e. The molecule has 30 heavy (non-hydrogen) atoms. The molecule has 0 saturated carbocycles. The van der Waals surface area contributed by atoms with Crippen molar-refractivity contribution in [3.63, 3.8) is 0 Å². The molecule has 2 atom stereocenters. The van der Waals surface area contributed by atoms with Crippen molar-refractivity contribution in [1.82, 2.24) is 0 Å². The Hall–Kier alpha value is -3.11. The molecule has 0 unspecified atom stereocenters. The first kappa shape index (κ1) is 20.2. The van der Waals surface area contributed by atoms with Gasteiger partial charge in [0, 0.05) is 17.5 Å². The number of hydrogen-bond donors (Lipinski definition) is 2. The summed E-state index contributed by atoms with van der Waals surface area (Å²) in [6.45, 7) is 2.01. The molecule has 4 nitrogen and oxygen atoms in total. The van der Waals surface area contributed by atoms with Crippen molar-refractivity contribution in [3.05, 3.63) is 95.1 Å². The first-order valence-electron chi connectivity index (χ1n) is 10.6. The third kappa shape index (κ3) is 4.39. The molecule has 0 heterocycles. The number of aryl methyl sites for hydroxylation is 2. The molecule has 1 aliphatic carbocycles. The molecule has 3 N–H and O–H groups in total. The fraction of sp³-hybridized carbons (Fsp3) is 0.269. The van der Waals surface area contributed by atoms with Crippen molar-refractivity contribution >= 4 is 11.6 Å². The third-order valence-corrected chi connectivity index (χ3v) is 5.89. The summed E-state index contributed by atoms with van der Waals surface area (Å²) in [4.78, 5) is 13.5. The first-order chi connectivity index (χ1) is 14.7. The van der Waals surface area contributed by atoms with Gasteiger partial charge in [-0.05, 0) is 43.0 Å². The van der Waals surface area contributed by atoms with Crippen LogP contribution >= 0.6 is 0 Å². The van der Waals surface area contributed by atoms with Crippen molar-refractivity contribution in [2.75, 3.05) is 12.4 Å². The Morgan fingerprint density at radius 1 is 1.07 bits per heavy atom. The van der Waals surface area contributed by atoms with Gasteiger partial charge in [-0.1, -0.05) is 60.7 Å². The molecule has 1 amide bonds. The van der Waals surface area contributed by atoms with Crippen LogP contribution in [-0.4, -0.2) is 13.0 Å². The highest BCUT2D eigenvalue weighted by Gasteiger charge is 2.31. The van der Waals surface area contributed by atoms with Crippen molar-refractivity contribution in [3.8, 4) is 5.75 Å². The standard InChI is InChI=1S/C26H28N2O2/c1-18-15-16-24(30-2)23(17-18)28-26(29)25(20-10-4-3-5-11-20)27-22-14-8-12-19-9-6-7-13-21(19)22/h3-7,9-11,13,15-17,22,25,27H,8,12,14H2,1-2H3,(H,28,29)/p+1/t22-,25-/m1/s1. The van der Waals surface area contributed by atoms with Crippen molar-refractivity contribution in [2.45, 2.75) is 38.3 Å². The molecular weight excluding hydrogens is 372 g/mol. The first-order valence-corrected chi connectivity index (χ1v) is 10.6. The number of rotatable bonds is 6. The maximum absolute atomic E-state index is 13.5. The average Bonchev–Trinajstić information content (AvgIpc) is 2.78. The second-order valence-electron chi connectivity index (χ2n) is 7.97. The molecule has 4 heteroatoms. The van der Waals surface area contributed by atoms with E-state index in [1.54, 1.807) is 7.11 Å². The quantitative estimate of drug-likeness (QED) is 0.646. The van der Waals surface area contributed by atoms with E-state index < -0.39 is 0 Å². The highest BCUT2D eigenvalue weighted by atomic mass is 16.5. The Morgan fingerprint density at radius 2 is 1.83 bits per heavy atom. The van der Waals surface area contributed by atoms with Gasteiger partial charge >= 0.3 is 0 Å². The number of nitrogens with two attached hydrogens (primary N) is 1. The van der Waals surface area contributed by atoms with Crippen LogP contribution in [0.25, 0.3) is 0 Å². The fourth-order valence-corrected chi connectivity index (χ4v) is 4.36. The monoisotopic (exact) mass is 401 g/mol. The molecule has 0 radical (unpaired) electrons. The summed E-state index contributed by atoms with van der Waals surface area (Å²) in [6, 6.07) is 24.4. The van der Waals surface area contributed by atoms with Crippen LogP contribution in [0.4, 0.5) is 5.69 Å². The molecule has 3 aromatic carbocycles. The summed E-state index contributed by atoms with van der Waals surface area (Å²) in [5, 5.41) is 5.35. The van der Waals surface area contributed by atoms with Crippen LogP contribution in [0.2, 0.25) is 0 Å². The van der Waals surface area contributed by atoms with Gasteiger partial charge in [0.1, 0.15) is 11.8 Å². The van der Waals surface area contributed by atoms with Crippen molar-refractivity contribution < 1.29 is 14.8 Å². The molecule has 0 bridgehead atoms. The molecule has 0 aliphatic heterocycles. The molecule has 1 aliphatic rings. The highest BCUT2D eigenvalue weighted by Crippen LogP contribution is 2.29.